The first kappa shape index (κ1) is 28.0. The molecule has 0 saturated carbocycles. The summed E-state index contributed by atoms with van der Waals surface area (Å²) in [6, 6.07) is 51.6. The Morgan fingerprint density at radius 2 is 1.06 bits per heavy atom. The number of para-hydroxylation sites is 4. The molecule has 1 N–H and O–H groups in total. The first-order valence-corrected chi connectivity index (χ1v) is 17.0. The summed E-state index contributed by atoms with van der Waals surface area (Å²) in [5.74, 6) is 1.34. The van der Waals surface area contributed by atoms with Crippen molar-refractivity contribution in [1.29, 1.82) is 0 Å². The second-order valence-electron chi connectivity index (χ2n) is 13.0. The normalized spacial score (nSPS) is 14.9. The number of furan rings is 3. The summed E-state index contributed by atoms with van der Waals surface area (Å²) in [6.07, 6.45) is -0.402. The molecule has 0 aliphatic carbocycles. The second kappa shape index (κ2) is 10.8. The van der Waals surface area contributed by atoms with E-state index >= 15 is 0 Å². The monoisotopic (exact) mass is 657 g/mol. The Kier molecular flexibility index (Phi) is 5.92. The average Bonchev–Trinajstić information content (AvgIpc) is 3.88. The standard InChI is InChI=1S/C45H27N3O3/c1-2-10-26(11-3-1)43-46-44(28-20-22-32-30-12-4-6-18-37(30)49-40(32)25-28)48-45(47-43)35-17-9-16-34-36-24-27(21-23-39(36)51-42(34)35)29-14-8-15-33-31-13-5-7-19-38(31)50-41(29)33/h1-25,44H,(H,46,47,48). The summed E-state index contributed by atoms with van der Waals surface area (Å²) in [5, 5.41) is 10.0. The van der Waals surface area contributed by atoms with Gasteiger partial charge in [0.25, 0.3) is 0 Å². The Bertz CT molecular complexity index is 3070. The molecule has 1 aliphatic heterocycles. The van der Waals surface area contributed by atoms with Gasteiger partial charge in [0.1, 0.15) is 45.5 Å². The first-order valence-electron chi connectivity index (χ1n) is 17.0. The van der Waals surface area contributed by atoms with Gasteiger partial charge in [-0.05, 0) is 42.0 Å². The largest absolute Gasteiger partial charge is 0.456 e. The van der Waals surface area contributed by atoms with Crippen molar-refractivity contribution >= 4 is 77.5 Å². The molecule has 51 heavy (non-hydrogen) atoms. The highest BCUT2D eigenvalue weighted by atomic mass is 16.3. The van der Waals surface area contributed by atoms with E-state index in [1.165, 1.54) is 0 Å². The molecule has 0 saturated heterocycles. The molecule has 6 nitrogen and oxygen atoms in total. The van der Waals surface area contributed by atoms with E-state index < -0.39 is 6.17 Å². The Hall–Kier alpha value is -6.92. The van der Waals surface area contributed by atoms with E-state index in [1.807, 2.05) is 66.7 Å². The van der Waals surface area contributed by atoms with E-state index in [0.29, 0.717) is 5.84 Å². The van der Waals surface area contributed by atoms with Crippen LogP contribution in [-0.4, -0.2) is 11.7 Å². The summed E-state index contributed by atoms with van der Waals surface area (Å²) in [4.78, 5) is 10.3. The van der Waals surface area contributed by atoms with Crippen molar-refractivity contribution in [2.24, 2.45) is 9.98 Å². The van der Waals surface area contributed by atoms with Crippen LogP contribution in [0, 0.1) is 0 Å². The van der Waals surface area contributed by atoms with Crippen molar-refractivity contribution in [3.63, 3.8) is 0 Å². The van der Waals surface area contributed by atoms with Gasteiger partial charge in [0.05, 0.1) is 5.56 Å². The summed E-state index contributed by atoms with van der Waals surface area (Å²) in [5.41, 5.74) is 9.87. The number of hydrogen-bond acceptors (Lipinski definition) is 6. The minimum absolute atomic E-state index is 0.402. The van der Waals surface area contributed by atoms with Crippen LogP contribution in [0.1, 0.15) is 22.9 Å². The number of amidine groups is 2. The first-order chi connectivity index (χ1) is 25.2. The molecular weight excluding hydrogens is 631 g/mol. The third-order valence-electron chi connectivity index (χ3n) is 9.96. The van der Waals surface area contributed by atoms with Crippen LogP contribution in [0.25, 0.3) is 76.9 Å². The Morgan fingerprint density at radius 1 is 0.431 bits per heavy atom. The number of fused-ring (bicyclic) bond motifs is 9. The highest BCUT2D eigenvalue weighted by molar-refractivity contribution is 6.20. The Labute approximate surface area is 291 Å². The smallest absolute Gasteiger partial charge is 0.163 e. The minimum Gasteiger partial charge on any atom is -0.456 e. The number of benzene rings is 7. The van der Waals surface area contributed by atoms with Gasteiger partial charge in [0.2, 0.25) is 0 Å². The average molecular weight is 658 g/mol. The van der Waals surface area contributed by atoms with Gasteiger partial charge in [-0.1, -0.05) is 115 Å². The molecule has 7 aromatic carbocycles. The maximum Gasteiger partial charge on any atom is 0.163 e. The highest BCUT2D eigenvalue weighted by Gasteiger charge is 2.24. The molecule has 6 heteroatoms. The fourth-order valence-corrected chi connectivity index (χ4v) is 7.51. The van der Waals surface area contributed by atoms with Crippen LogP contribution in [0.5, 0.6) is 0 Å². The molecule has 0 spiro atoms. The van der Waals surface area contributed by atoms with Crippen LogP contribution in [0.4, 0.5) is 0 Å². The molecular formula is C45H27N3O3. The molecule has 0 amide bonds. The topological polar surface area (TPSA) is 76.2 Å². The number of nitrogens with one attached hydrogen (secondary N) is 1. The lowest BCUT2D eigenvalue weighted by molar-refractivity contribution is 0.653. The van der Waals surface area contributed by atoms with E-state index in [1.54, 1.807) is 0 Å². The maximum absolute atomic E-state index is 6.63. The van der Waals surface area contributed by atoms with E-state index in [0.717, 1.165) is 99.5 Å². The van der Waals surface area contributed by atoms with Gasteiger partial charge < -0.3 is 18.6 Å². The van der Waals surface area contributed by atoms with Crippen LogP contribution >= 0.6 is 0 Å². The van der Waals surface area contributed by atoms with Crippen molar-refractivity contribution in [1.82, 2.24) is 5.32 Å². The van der Waals surface area contributed by atoms with Crippen LogP contribution in [-0.2, 0) is 0 Å². The van der Waals surface area contributed by atoms with Gasteiger partial charge in [0, 0.05) is 49.0 Å². The van der Waals surface area contributed by atoms with Gasteiger partial charge >= 0.3 is 0 Å². The predicted molar refractivity (Wildman–Crippen MR) is 206 cm³/mol. The molecule has 0 radical (unpaired) electrons. The molecule has 10 aromatic rings. The van der Waals surface area contributed by atoms with Crippen molar-refractivity contribution < 1.29 is 13.3 Å². The lowest BCUT2D eigenvalue weighted by Crippen LogP contribution is -2.33. The van der Waals surface area contributed by atoms with Gasteiger partial charge in [-0.3, -0.25) is 0 Å². The van der Waals surface area contributed by atoms with E-state index in [9.17, 15) is 0 Å². The van der Waals surface area contributed by atoms with E-state index in [2.05, 4.69) is 90.2 Å². The molecule has 1 unspecified atom stereocenters. The van der Waals surface area contributed by atoms with Crippen LogP contribution in [0.3, 0.4) is 0 Å². The Morgan fingerprint density at radius 3 is 1.88 bits per heavy atom. The fraction of sp³-hybridized carbons (Fsp3) is 0.0222. The second-order valence-corrected chi connectivity index (χ2v) is 13.0. The summed E-state index contributed by atoms with van der Waals surface area (Å²) in [7, 11) is 0. The zero-order valence-electron chi connectivity index (χ0n) is 27.1. The SMILES string of the molecule is c1ccc(C2=NC(c3cccc4c3oc3ccc(-c5cccc6c5oc5ccccc56)cc34)=NC(c3ccc4c(c3)oc3ccccc34)N2)cc1. The van der Waals surface area contributed by atoms with Crippen molar-refractivity contribution in [2.45, 2.75) is 6.17 Å². The lowest BCUT2D eigenvalue weighted by Gasteiger charge is -2.23. The van der Waals surface area contributed by atoms with Crippen molar-refractivity contribution in [3.8, 4) is 11.1 Å². The molecule has 11 rings (SSSR count). The molecule has 240 valence electrons. The predicted octanol–water partition coefficient (Wildman–Crippen LogP) is 11.5. The van der Waals surface area contributed by atoms with Crippen molar-refractivity contribution in [2.75, 3.05) is 0 Å². The number of hydrogen-bond donors (Lipinski definition) is 1. The zero-order valence-corrected chi connectivity index (χ0v) is 27.1. The number of nitrogens with zero attached hydrogens (tertiary/aromatic N) is 2. The molecule has 1 aliphatic rings. The highest BCUT2D eigenvalue weighted by Crippen LogP contribution is 2.39. The van der Waals surface area contributed by atoms with Gasteiger partial charge in [-0.2, -0.15) is 0 Å². The maximum atomic E-state index is 6.63. The minimum atomic E-state index is -0.402. The summed E-state index contributed by atoms with van der Waals surface area (Å²) < 4.78 is 19.3. The van der Waals surface area contributed by atoms with Gasteiger partial charge in [-0.25, -0.2) is 9.98 Å². The lowest BCUT2D eigenvalue weighted by atomic mass is 10.00. The number of rotatable bonds is 4. The zero-order chi connectivity index (χ0) is 33.5. The van der Waals surface area contributed by atoms with Gasteiger partial charge in [-0.15, -0.1) is 0 Å². The molecule has 3 aromatic heterocycles. The van der Waals surface area contributed by atoms with Crippen LogP contribution < -0.4 is 5.32 Å². The Balaban J connectivity index is 1.06. The number of aliphatic imine (C=N–C) groups is 2. The van der Waals surface area contributed by atoms with Gasteiger partial charge in [0.15, 0.2) is 5.84 Å². The quantitative estimate of drug-likeness (QED) is 0.204. The van der Waals surface area contributed by atoms with E-state index in [-0.39, 0.29) is 0 Å². The summed E-state index contributed by atoms with van der Waals surface area (Å²) >= 11 is 0. The fourth-order valence-electron chi connectivity index (χ4n) is 7.51. The van der Waals surface area contributed by atoms with Crippen LogP contribution in [0.2, 0.25) is 0 Å². The van der Waals surface area contributed by atoms with E-state index in [4.69, 9.17) is 23.2 Å². The molecule has 1 atom stereocenters. The third kappa shape index (κ3) is 4.36. The molecule has 4 heterocycles. The molecule has 0 fully saturated rings. The molecule has 0 bridgehead atoms. The third-order valence-corrected chi connectivity index (χ3v) is 9.96. The van der Waals surface area contributed by atoms with Crippen molar-refractivity contribution in [3.05, 3.63) is 168 Å². The van der Waals surface area contributed by atoms with Crippen LogP contribution in [0.15, 0.2) is 175 Å². The summed E-state index contributed by atoms with van der Waals surface area (Å²) in [6.45, 7) is 0.